The molecule has 2 atom stereocenters. The molecule has 0 spiro atoms. The number of hydrogen-bond acceptors (Lipinski definition) is 2. The molecule has 0 saturated heterocycles. The van der Waals surface area contributed by atoms with E-state index in [0.717, 1.165) is 12.0 Å². The minimum atomic E-state index is -0.233. The molecule has 0 heterocycles. The van der Waals surface area contributed by atoms with Crippen LogP contribution in [-0.2, 0) is 4.79 Å². The van der Waals surface area contributed by atoms with E-state index in [0.29, 0.717) is 5.56 Å². The highest BCUT2D eigenvalue weighted by Crippen LogP contribution is 2.17. The lowest BCUT2D eigenvalue weighted by molar-refractivity contribution is -0.122. The summed E-state index contributed by atoms with van der Waals surface area (Å²) in [6.07, 6.45) is 1.07. The number of rotatable bonds is 7. The first-order valence-electron chi connectivity index (χ1n) is 8.71. The zero-order chi connectivity index (χ0) is 18.2. The summed E-state index contributed by atoms with van der Waals surface area (Å²) in [4.78, 5) is 24.4. The summed E-state index contributed by atoms with van der Waals surface area (Å²) in [5.41, 5.74) is 2.89. The number of amides is 2. The van der Waals surface area contributed by atoms with Gasteiger partial charge in [-0.3, -0.25) is 9.59 Å². The van der Waals surface area contributed by atoms with Crippen molar-refractivity contribution in [2.45, 2.75) is 45.7 Å². The highest BCUT2D eigenvalue weighted by atomic mass is 16.2. The summed E-state index contributed by atoms with van der Waals surface area (Å²) in [6, 6.07) is 17.0. The highest BCUT2D eigenvalue weighted by molar-refractivity contribution is 5.94. The maximum Gasteiger partial charge on any atom is 0.251 e. The van der Waals surface area contributed by atoms with Crippen LogP contribution < -0.4 is 10.6 Å². The Hall–Kier alpha value is -2.62. The van der Waals surface area contributed by atoms with Gasteiger partial charge in [-0.1, -0.05) is 55.0 Å². The average Bonchev–Trinajstić information content (AvgIpc) is 2.61. The molecule has 4 nitrogen and oxygen atoms in total. The lowest BCUT2D eigenvalue weighted by Gasteiger charge is -2.20. The molecule has 0 aliphatic carbocycles. The Labute approximate surface area is 149 Å². The summed E-state index contributed by atoms with van der Waals surface area (Å²) < 4.78 is 0. The Morgan fingerprint density at radius 2 is 1.60 bits per heavy atom. The van der Waals surface area contributed by atoms with Gasteiger partial charge in [-0.25, -0.2) is 0 Å². The molecule has 0 aromatic heterocycles. The van der Waals surface area contributed by atoms with Crippen molar-refractivity contribution in [2.75, 3.05) is 0 Å². The molecule has 2 aromatic carbocycles. The van der Waals surface area contributed by atoms with Gasteiger partial charge in [0.1, 0.15) is 0 Å². The molecule has 0 aliphatic heterocycles. The van der Waals surface area contributed by atoms with Crippen molar-refractivity contribution in [3.63, 3.8) is 0 Å². The number of carbonyl (C=O) groups excluding carboxylic acids is 2. The summed E-state index contributed by atoms with van der Waals surface area (Å²) in [5, 5.41) is 5.92. The molecular weight excluding hydrogens is 312 g/mol. The summed E-state index contributed by atoms with van der Waals surface area (Å²) in [5.74, 6) is -0.222. The molecule has 0 saturated carbocycles. The van der Waals surface area contributed by atoms with Crippen molar-refractivity contribution in [3.05, 3.63) is 71.3 Å². The summed E-state index contributed by atoms with van der Waals surface area (Å²) in [7, 11) is 0. The first kappa shape index (κ1) is 18.7. The zero-order valence-corrected chi connectivity index (χ0v) is 15.1. The van der Waals surface area contributed by atoms with E-state index in [1.54, 1.807) is 12.1 Å². The molecule has 2 rings (SSSR count). The SMILES string of the molecule is CCC(NC(=O)CC(C)NC(=O)c1ccccc1)c1ccc(C)cc1. The highest BCUT2D eigenvalue weighted by Gasteiger charge is 2.16. The van der Waals surface area contributed by atoms with Crippen molar-refractivity contribution in [3.8, 4) is 0 Å². The lowest BCUT2D eigenvalue weighted by Crippen LogP contribution is -2.38. The molecular formula is C21H26N2O2. The second-order valence-electron chi connectivity index (χ2n) is 6.38. The van der Waals surface area contributed by atoms with E-state index in [1.807, 2.05) is 63.2 Å². The normalized spacial score (nSPS) is 12.9. The Morgan fingerprint density at radius 3 is 2.20 bits per heavy atom. The van der Waals surface area contributed by atoms with Gasteiger partial charge in [-0.15, -0.1) is 0 Å². The van der Waals surface area contributed by atoms with Crippen LogP contribution in [0.15, 0.2) is 54.6 Å². The first-order valence-corrected chi connectivity index (χ1v) is 8.71. The number of nitrogens with one attached hydrogen (secondary N) is 2. The molecule has 0 fully saturated rings. The van der Waals surface area contributed by atoms with Crippen molar-refractivity contribution in [2.24, 2.45) is 0 Å². The lowest BCUT2D eigenvalue weighted by atomic mass is 10.0. The topological polar surface area (TPSA) is 58.2 Å². The van der Waals surface area contributed by atoms with E-state index in [2.05, 4.69) is 10.6 Å². The molecule has 25 heavy (non-hydrogen) atoms. The van der Waals surface area contributed by atoms with Gasteiger partial charge in [0.05, 0.1) is 6.04 Å². The molecule has 2 amide bonds. The fraction of sp³-hybridized carbons (Fsp3) is 0.333. The maximum atomic E-state index is 12.3. The summed E-state index contributed by atoms with van der Waals surface area (Å²) >= 11 is 0. The van der Waals surface area contributed by atoms with E-state index >= 15 is 0 Å². The van der Waals surface area contributed by atoms with Crippen molar-refractivity contribution < 1.29 is 9.59 Å². The van der Waals surface area contributed by atoms with E-state index in [-0.39, 0.29) is 30.3 Å². The standard InChI is InChI=1S/C21H26N2O2/c1-4-19(17-12-10-15(2)11-13-17)23-20(24)14-16(3)22-21(25)18-8-6-5-7-9-18/h5-13,16,19H,4,14H2,1-3H3,(H,22,25)(H,23,24). The third-order valence-electron chi connectivity index (χ3n) is 4.13. The zero-order valence-electron chi connectivity index (χ0n) is 15.1. The molecule has 2 unspecified atom stereocenters. The third-order valence-corrected chi connectivity index (χ3v) is 4.13. The molecule has 4 heteroatoms. The minimum absolute atomic E-state index is 0.00914. The number of benzene rings is 2. The molecule has 2 N–H and O–H groups in total. The van der Waals surface area contributed by atoms with Gasteiger partial charge in [0.2, 0.25) is 5.91 Å². The molecule has 2 aromatic rings. The fourth-order valence-electron chi connectivity index (χ4n) is 2.70. The van der Waals surface area contributed by atoms with Gasteiger partial charge >= 0.3 is 0 Å². The van der Waals surface area contributed by atoms with Crippen LogP contribution in [0.1, 0.15) is 54.2 Å². The van der Waals surface area contributed by atoms with Gasteiger partial charge in [0, 0.05) is 18.0 Å². The second kappa shape index (κ2) is 9.02. The minimum Gasteiger partial charge on any atom is -0.349 e. The van der Waals surface area contributed by atoms with E-state index in [9.17, 15) is 9.59 Å². The first-order chi connectivity index (χ1) is 12.0. The van der Waals surface area contributed by atoms with Gasteiger partial charge in [0.15, 0.2) is 0 Å². The Bertz CT molecular complexity index is 696. The number of aryl methyl sites for hydroxylation is 1. The maximum absolute atomic E-state index is 12.3. The van der Waals surface area contributed by atoms with Crippen LogP contribution >= 0.6 is 0 Å². The second-order valence-corrected chi connectivity index (χ2v) is 6.38. The van der Waals surface area contributed by atoms with Crippen LogP contribution in [0.25, 0.3) is 0 Å². The molecule has 132 valence electrons. The van der Waals surface area contributed by atoms with Crippen LogP contribution in [0.2, 0.25) is 0 Å². The third kappa shape index (κ3) is 5.75. The average molecular weight is 338 g/mol. The molecule has 0 bridgehead atoms. The molecule has 0 aliphatic rings. The van der Waals surface area contributed by atoms with Crippen LogP contribution in [0.5, 0.6) is 0 Å². The van der Waals surface area contributed by atoms with E-state index in [4.69, 9.17) is 0 Å². The largest absolute Gasteiger partial charge is 0.349 e. The van der Waals surface area contributed by atoms with Gasteiger partial charge in [-0.2, -0.15) is 0 Å². The summed E-state index contributed by atoms with van der Waals surface area (Å²) in [6.45, 7) is 5.93. The number of hydrogen-bond donors (Lipinski definition) is 2. The Morgan fingerprint density at radius 1 is 0.960 bits per heavy atom. The quantitative estimate of drug-likeness (QED) is 0.807. The predicted octanol–water partition coefficient (Wildman–Crippen LogP) is 3.77. The number of carbonyl (C=O) groups is 2. The van der Waals surface area contributed by atoms with Crippen molar-refractivity contribution in [1.29, 1.82) is 0 Å². The van der Waals surface area contributed by atoms with Gasteiger partial charge < -0.3 is 10.6 Å². The van der Waals surface area contributed by atoms with Crippen LogP contribution in [0.4, 0.5) is 0 Å². The van der Waals surface area contributed by atoms with E-state index in [1.165, 1.54) is 5.56 Å². The Balaban J connectivity index is 1.87. The van der Waals surface area contributed by atoms with Gasteiger partial charge in [0.25, 0.3) is 5.91 Å². The Kier molecular flexibility index (Phi) is 6.75. The monoisotopic (exact) mass is 338 g/mol. The fourth-order valence-corrected chi connectivity index (χ4v) is 2.70. The predicted molar refractivity (Wildman–Crippen MR) is 100 cm³/mol. The van der Waals surface area contributed by atoms with Crippen LogP contribution in [-0.4, -0.2) is 17.9 Å². The van der Waals surface area contributed by atoms with Crippen molar-refractivity contribution >= 4 is 11.8 Å². The van der Waals surface area contributed by atoms with Gasteiger partial charge in [-0.05, 0) is 38.0 Å². The van der Waals surface area contributed by atoms with Crippen LogP contribution in [0.3, 0.4) is 0 Å². The van der Waals surface area contributed by atoms with E-state index < -0.39 is 0 Å². The molecule has 0 radical (unpaired) electrons. The van der Waals surface area contributed by atoms with Crippen molar-refractivity contribution in [1.82, 2.24) is 10.6 Å². The van der Waals surface area contributed by atoms with Crippen LogP contribution in [0, 0.1) is 6.92 Å². The smallest absolute Gasteiger partial charge is 0.251 e.